The zero-order valence-corrected chi connectivity index (χ0v) is 19.4. The predicted octanol–water partition coefficient (Wildman–Crippen LogP) is 4.63. The van der Waals surface area contributed by atoms with E-state index in [2.05, 4.69) is 23.1 Å². The van der Waals surface area contributed by atoms with Gasteiger partial charge in [-0.3, -0.25) is 9.48 Å². The number of methoxy groups -OCH3 is 1. The van der Waals surface area contributed by atoms with E-state index in [4.69, 9.17) is 9.84 Å². The monoisotopic (exact) mass is 458 g/mol. The normalized spacial score (nSPS) is 13.8. The van der Waals surface area contributed by atoms with Crippen LogP contribution in [-0.2, 0) is 6.54 Å². The molecule has 1 fully saturated rings. The highest BCUT2D eigenvalue weighted by atomic mass is 32.1. The largest absolute Gasteiger partial charge is 0.497 e. The molecule has 0 N–H and O–H groups in total. The van der Waals surface area contributed by atoms with Crippen LogP contribution in [0.25, 0.3) is 10.6 Å². The minimum atomic E-state index is 0.0444. The maximum absolute atomic E-state index is 13.6. The number of nitrogens with zero attached hydrogens (tertiary/aromatic N) is 4. The molecule has 0 atom stereocenters. The van der Waals surface area contributed by atoms with Gasteiger partial charge in [-0.1, -0.05) is 42.5 Å². The predicted molar refractivity (Wildman–Crippen MR) is 132 cm³/mol. The Hall–Kier alpha value is -3.58. The summed E-state index contributed by atoms with van der Waals surface area (Å²) < 4.78 is 7.24. The first-order valence-electron chi connectivity index (χ1n) is 11.0. The Labute approximate surface area is 197 Å². The lowest BCUT2D eigenvalue weighted by atomic mass is 10.1. The third-order valence-electron chi connectivity index (χ3n) is 5.92. The van der Waals surface area contributed by atoms with Crippen molar-refractivity contribution in [2.24, 2.45) is 0 Å². The van der Waals surface area contributed by atoms with E-state index in [9.17, 15) is 4.79 Å². The molecule has 0 saturated carbocycles. The van der Waals surface area contributed by atoms with Crippen molar-refractivity contribution in [3.63, 3.8) is 0 Å². The molecule has 2 aromatic heterocycles. The van der Waals surface area contributed by atoms with E-state index >= 15 is 0 Å². The van der Waals surface area contributed by atoms with Crippen molar-refractivity contribution in [1.82, 2.24) is 14.7 Å². The van der Waals surface area contributed by atoms with Crippen molar-refractivity contribution in [1.29, 1.82) is 0 Å². The van der Waals surface area contributed by atoms with E-state index in [1.54, 1.807) is 18.4 Å². The molecule has 6 nitrogen and oxygen atoms in total. The average Bonchev–Trinajstić information content (AvgIpc) is 3.55. The fraction of sp³-hybridized carbons (Fsp3) is 0.231. The van der Waals surface area contributed by atoms with Gasteiger partial charge in [-0.25, -0.2) is 0 Å². The molecule has 2 aromatic carbocycles. The third-order valence-corrected chi connectivity index (χ3v) is 6.80. The SMILES string of the molecule is COc1cccc(N2CCN(C(=O)c3cn(Cc4ccccc4)nc3-c3cccs3)CC2)c1. The molecule has 5 rings (SSSR count). The van der Waals surface area contributed by atoms with Gasteiger partial charge < -0.3 is 14.5 Å². The molecule has 0 aliphatic carbocycles. The van der Waals surface area contributed by atoms with Crippen LogP contribution in [0.15, 0.2) is 78.3 Å². The van der Waals surface area contributed by atoms with Gasteiger partial charge in [-0.05, 0) is 29.1 Å². The summed E-state index contributed by atoms with van der Waals surface area (Å²) in [5.41, 5.74) is 3.71. The molecule has 1 amide bonds. The van der Waals surface area contributed by atoms with E-state index in [1.807, 2.05) is 69.7 Å². The van der Waals surface area contributed by atoms with Gasteiger partial charge in [0.15, 0.2) is 0 Å². The number of benzene rings is 2. The Balaban J connectivity index is 1.34. The number of ether oxygens (including phenoxy) is 1. The standard InChI is InChI=1S/C26H26N4O2S/c1-32-22-10-5-9-21(17-22)28-12-14-29(15-13-28)26(31)23-19-30(18-20-7-3-2-4-8-20)27-25(23)24-11-6-16-33-24/h2-11,16-17,19H,12-15,18H2,1H3. The van der Waals surface area contributed by atoms with E-state index in [0.29, 0.717) is 25.2 Å². The summed E-state index contributed by atoms with van der Waals surface area (Å²) in [5.74, 6) is 0.889. The minimum absolute atomic E-state index is 0.0444. The van der Waals surface area contributed by atoms with E-state index in [0.717, 1.165) is 40.7 Å². The topological polar surface area (TPSA) is 50.6 Å². The first-order valence-corrected chi connectivity index (χ1v) is 11.9. The molecule has 0 spiro atoms. The molecule has 1 aliphatic rings. The average molecular weight is 459 g/mol. The summed E-state index contributed by atoms with van der Waals surface area (Å²) in [4.78, 5) is 18.8. The maximum Gasteiger partial charge on any atom is 0.257 e. The Kier molecular flexibility index (Phi) is 6.13. The van der Waals surface area contributed by atoms with Crippen LogP contribution < -0.4 is 9.64 Å². The number of piperazine rings is 1. The molecule has 168 valence electrons. The fourth-order valence-electron chi connectivity index (χ4n) is 4.17. The second-order valence-corrected chi connectivity index (χ2v) is 8.98. The highest BCUT2D eigenvalue weighted by Crippen LogP contribution is 2.29. The van der Waals surface area contributed by atoms with Crippen LogP contribution in [0.3, 0.4) is 0 Å². The second kappa shape index (κ2) is 9.50. The van der Waals surface area contributed by atoms with Crippen LogP contribution in [0.1, 0.15) is 15.9 Å². The highest BCUT2D eigenvalue weighted by molar-refractivity contribution is 7.13. The summed E-state index contributed by atoms with van der Waals surface area (Å²) in [7, 11) is 1.68. The smallest absolute Gasteiger partial charge is 0.257 e. The summed E-state index contributed by atoms with van der Waals surface area (Å²) in [6.07, 6.45) is 1.90. The third kappa shape index (κ3) is 4.64. The molecule has 1 aliphatic heterocycles. The number of amides is 1. The molecule has 0 radical (unpaired) electrons. The van der Waals surface area contributed by atoms with Gasteiger partial charge in [0.25, 0.3) is 5.91 Å². The Morgan fingerprint density at radius 2 is 1.82 bits per heavy atom. The molecule has 0 bridgehead atoms. The van der Waals surface area contributed by atoms with E-state index in [-0.39, 0.29) is 5.91 Å². The summed E-state index contributed by atoms with van der Waals surface area (Å²) in [6.45, 7) is 3.54. The number of thiophene rings is 1. The lowest BCUT2D eigenvalue weighted by Gasteiger charge is -2.36. The van der Waals surface area contributed by atoms with Crippen molar-refractivity contribution in [3.05, 3.63) is 89.4 Å². The van der Waals surface area contributed by atoms with Gasteiger partial charge in [0.2, 0.25) is 0 Å². The van der Waals surface area contributed by atoms with Crippen LogP contribution in [0.4, 0.5) is 5.69 Å². The van der Waals surface area contributed by atoms with Crippen LogP contribution in [-0.4, -0.2) is 53.9 Å². The van der Waals surface area contributed by atoms with Crippen molar-refractivity contribution >= 4 is 22.9 Å². The Morgan fingerprint density at radius 3 is 2.55 bits per heavy atom. The summed E-state index contributed by atoms with van der Waals surface area (Å²) in [5, 5.41) is 6.82. The Morgan fingerprint density at radius 1 is 1.00 bits per heavy atom. The first kappa shape index (κ1) is 21.3. The first-order chi connectivity index (χ1) is 16.2. The molecule has 0 unspecified atom stereocenters. The van der Waals surface area contributed by atoms with Crippen molar-refractivity contribution in [3.8, 4) is 16.3 Å². The molecule has 3 heterocycles. The number of rotatable bonds is 6. The molecular formula is C26H26N4O2S. The van der Waals surface area contributed by atoms with Gasteiger partial charge >= 0.3 is 0 Å². The quantitative estimate of drug-likeness (QED) is 0.423. The number of anilines is 1. The molecule has 7 heteroatoms. The summed E-state index contributed by atoms with van der Waals surface area (Å²) >= 11 is 1.61. The number of aromatic nitrogens is 2. The number of hydrogen-bond acceptors (Lipinski definition) is 5. The van der Waals surface area contributed by atoms with E-state index < -0.39 is 0 Å². The van der Waals surface area contributed by atoms with Gasteiger partial charge in [0.1, 0.15) is 11.4 Å². The van der Waals surface area contributed by atoms with Crippen LogP contribution in [0.5, 0.6) is 5.75 Å². The minimum Gasteiger partial charge on any atom is -0.497 e. The maximum atomic E-state index is 13.6. The number of hydrogen-bond donors (Lipinski definition) is 0. The van der Waals surface area contributed by atoms with Gasteiger partial charge in [-0.2, -0.15) is 5.10 Å². The van der Waals surface area contributed by atoms with Crippen molar-refractivity contribution < 1.29 is 9.53 Å². The van der Waals surface area contributed by atoms with Gasteiger partial charge in [0.05, 0.1) is 24.1 Å². The van der Waals surface area contributed by atoms with Gasteiger partial charge in [-0.15, -0.1) is 11.3 Å². The van der Waals surface area contributed by atoms with Crippen LogP contribution >= 0.6 is 11.3 Å². The van der Waals surface area contributed by atoms with Crippen LogP contribution in [0, 0.1) is 0 Å². The lowest BCUT2D eigenvalue weighted by Crippen LogP contribution is -2.48. The number of carbonyl (C=O) groups excluding carboxylic acids is 1. The zero-order chi connectivity index (χ0) is 22.6. The van der Waals surface area contributed by atoms with E-state index in [1.165, 1.54) is 0 Å². The summed E-state index contributed by atoms with van der Waals surface area (Å²) in [6, 6.07) is 22.3. The molecular weight excluding hydrogens is 432 g/mol. The van der Waals surface area contributed by atoms with Crippen LogP contribution in [0.2, 0.25) is 0 Å². The zero-order valence-electron chi connectivity index (χ0n) is 18.6. The number of carbonyl (C=O) groups is 1. The second-order valence-electron chi connectivity index (χ2n) is 8.03. The molecule has 1 saturated heterocycles. The van der Waals surface area contributed by atoms with Crippen molar-refractivity contribution in [2.75, 3.05) is 38.2 Å². The fourth-order valence-corrected chi connectivity index (χ4v) is 4.89. The highest BCUT2D eigenvalue weighted by Gasteiger charge is 2.27. The lowest BCUT2D eigenvalue weighted by molar-refractivity contribution is 0.0747. The van der Waals surface area contributed by atoms with Gasteiger partial charge in [0, 0.05) is 44.1 Å². The van der Waals surface area contributed by atoms with Crippen molar-refractivity contribution in [2.45, 2.75) is 6.54 Å². The Bertz CT molecular complexity index is 1210. The molecule has 33 heavy (non-hydrogen) atoms. The molecule has 4 aromatic rings.